The van der Waals surface area contributed by atoms with Gasteiger partial charge in [-0.25, -0.2) is 18.1 Å². The third kappa shape index (κ3) is 4.22. The van der Waals surface area contributed by atoms with E-state index >= 15 is 0 Å². The molecule has 1 aromatic heterocycles. The Hall–Kier alpha value is -1.86. The van der Waals surface area contributed by atoms with Crippen molar-refractivity contribution in [2.75, 3.05) is 0 Å². The van der Waals surface area contributed by atoms with Crippen LogP contribution in [-0.2, 0) is 10.0 Å². The average molecular weight is 396 g/mol. The van der Waals surface area contributed by atoms with Gasteiger partial charge in [0.15, 0.2) is 0 Å². The van der Waals surface area contributed by atoms with Crippen LogP contribution in [0.2, 0.25) is 10.0 Å². The predicted octanol–water partition coefficient (Wildman–Crippen LogP) is 4.22. The van der Waals surface area contributed by atoms with E-state index in [1.807, 2.05) is 35.0 Å². The molecule has 5 nitrogen and oxygen atoms in total. The van der Waals surface area contributed by atoms with Crippen molar-refractivity contribution in [2.45, 2.75) is 17.9 Å². The van der Waals surface area contributed by atoms with Crippen molar-refractivity contribution in [1.82, 2.24) is 14.3 Å². The first kappa shape index (κ1) is 17.9. The first-order chi connectivity index (χ1) is 11.8. The number of benzene rings is 2. The average Bonchev–Trinajstić information content (AvgIpc) is 3.08. The third-order valence-corrected chi connectivity index (χ3v) is 5.63. The molecule has 1 unspecified atom stereocenters. The van der Waals surface area contributed by atoms with Crippen LogP contribution in [0, 0.1) is 0 Å². The van der Waals surface area contributed by atoms with Gasteiger partial charge in [0.25, 0.3) is 0 Å². The van der Waals surface area contributed by atoms with E-state index in [0.29, 0.717) is 0 Å². The van der Waals surface area contributed by atoms with E-state index in [1.54, 1.807) is 19.4 Å². The van der Waals surface area contributed by atoms with Crippen molar-refractivity contribution in [3.8, 4) is 5.69 Å². The fourth-order valence-electron chi connectivity index (χ4n) is 2.40. The maximum atomic E-state index is 12.5. The Balaban J connectivity index is 1.80. The van der Waals surface area contributed by atoms with E-state index < -0.39 is 16.1 Å². The summed E-state index contributed by atoms with van der Waals surface area (Å²) < 4.78 is 29.6. The smallest absolute Gasteiger partial charge is 0.241 e. The van der Waals surface area contributed by atoms with E-state index in [-0.39, 0.29) is 14.9 Å². The zero-order chi connectivity index (χ0) is 18.0. The molecule has 8 heteroatoms. The molecule has 1 atom stereocenters. The maximum absolute atomic E-state index is 12.5. The van der Waals surface area contributed by atoms with Crippen LogP contribution in [0.15, 0.2) is 66.1 Å². The summed E-state index contributed by atoms with van der Waals surface area (Å²) >= 11 is 11.8. The molecule has 0 fully saturated rings. The van der Waals surface area contributed by atoms with E-state index in [1.165, 1.54) is 18.2 Å². The lowest BCUT2D eigenvalue weighted by atomic mass is 10.1. The molecular formula is C17H15Cl2N3O2S. The Morgan fingerprint density at radius 1 is 1.08 bits per heavy atom. The lowest BCUT2D eigenvalue weighted by Gasteiger charge is -2.15. The van der Waals surface area contributed by atoms with Gasteiger partial charge in [-0.3, -0.25) is 0 Å². The van der Waals surface area contributed by atoms with E-state index in [0.717, 1.165) is 11.3 Å². The highest BCUT2D eigenvalue weighted by molar-refractivity contribution is 7.89. The second kappa shape index (κ2) is 7.17. The highest BCUT2D eigenvalue weighted by atomic mass is 35.5. The van der Waals surface area contributed by atoms with Crippen LogP contribution in [0.3, 0.4) is 0 Å². The molecule has 0 radical (unpaired) electrons. The van der Waals surface area contributed by atoms with Gasteiger partial charge in [0.1, 0.15) is 0 Å². The minimum Gasteiger partial charge on any atom is -0.306 e. The molecule has 3 aromatic rings. The molecule has 0 aliphatic heterocycles. The van der Waals surface area contributed by atoms with Crippen molar-refractivity contribution < 1.29 is 8.42 Å². The fraction of sp³-hybridized carbons (Fsp3) is 0.118. The number of aromatic nitrogens is 2. The standard InChI is InChI=1S/C17H15Cl2N3O2S/c1-12(13-2-4-16(5-3-13)22-7-6-20-11-22)21-25(23,24)17-9-14(18)8-15(19)10-17/h2-12,21H,1H3. The fourth-order valence-corrected chi connectivity index (χ4v) is 4.36. The van der Waals surface area contributed by atoms with Gasteiger partial charge in [0.05, 0.1) is 11.2 Å². The number of rotatable bonds is 5. The summed E-state index contributed by atoms with van der Waals surface area (Å²) in [7, 11) is -3.74. The Morgan fingerprint density at radius 3 is 2.28 bits per heavy atom. The van der Waals surface area contributed by atoms with Crippen molar-refractivity contribution in [3.63, 3.8) is 0 Å². The van der Waals surface area contributed by atoms with Crippen LogP contribution in [-0.4, -0.2) is 18.0 Å². The number of sulfonamides is 1. The number of halogens is 2. The van der Waals surface area contributed by atoms with Gasteiger partial charge < -0.3 is 4.57 Å². The summed E-state index contributed by atoms with van der Waals surface area (Å²) in [5, 5.41) is 0.537. The van der Waals surface area contributed by atoms with Gasteiger partial charge in [-0.05, 0) is 42.8 Å². The third-order valence-electron chi connectivity index (χ3n) is 3.67. The first-order valence-electron chi connectivity index (χ1n) is 7.42. The summed E-state index contributed by atoms with van der Waals surface area (Å²) in [6.07, 6.45) is 5.23. The summed E-state index contributed by atoms with van der Waals surface area (Å²) in [5.41, 5.74) is 1.78. The van der Waals surface area contributed by atoms with Crippen molar-refractivity contribution in [3.05, 3.63) is 76.8 Å². The normalized spacial score (nSPS) is 12.9. The predicted molar refractivity (Wildman–Crippen MR) is 98.8 cm³/mol. The van der Waals surface area contributed by atoms with Gasteiger partial charge in [-0.1, -0.05) is 35.3 Å². The monoisotopic (exact) mass is 395 g/mol. The van der Waals surface area contributed by atoms with Gasteiger partial charge >= 0.3 is 0 Å². The molecule has 0 amide bonds. The molecule has 0 aliphatic carbocycles. The van der Waals surface area contributed by atoms with E-state index in [9.17, 15) is 8.42 Å². The van der Waals surface area contributed by atoms with Gasteiger partial charge in [0.2, 0.25) is 10.0 Å². The summed E-state index contributed by atoms with van der Waals surface area (Å²) in [4.78, 5) is 4.04. The highest BCUT2D eigenvalue weighted by Crippen LogP contribution is 2.24. The van der Waals surface area contributed by atoms with Crippen molar-refractivity contribution in [1.29, 1.82) is 0 Å². The molecule has 130 valence electrons. The molecule has 0 bridgehead atoms. The van der Waals surface area contributed by atoms with Crippen LogP contribution in [0.25, 0.3) is 5.69 Å². The first-order valence-corrected chi connectivity index (χ1v) is 9.66. The molecule has 3 rings (SSSR count). The Labute approximate surface area is 156 Å². The quantitative estimate of drug-likeness (QED) is 0.703. The van der Waals surface area contributed by atoms with Crippen molar-refractivity contribution in [2.24, 2.45) is 0 Å². The van der Waals surface area contributed by atoms with Gasteiger partial charge in [-0.15, -0.1) is 0 Å². The molecule has 1 heterocycles. The zero-order valence-electron chi connectivity index (χ0n) is 13.2. The van der Waals surface area contributed by atoms with Crippen molar-refractivity contribution >= 4 is 33.2 Å². The Bertz CT molecular complexity index is 951. The second-order valence-corrected chi connectivity index (χ2v) is 8.10. The summed E-state index contributed by atoms with van der Waals surface area (Å²) in [6.45, 7) is 1.77. The number of hydrogen-bond donors (Lipinski definition) is 1. The molecule has 1 N–H and O–H groups in total. The second-order valence-electron chi connectivity index (χ2n) is 5.51. The number of nitrogens with zero attached hydrogens (tertiary/aromatic N) is 2. The lowest BCUT2D eigenvalue weighted by molar-refractivity contribution is 0.567. The number of nitrogens with one attached hydrogen (secondary N) is 1. The van der Waals surface area contributed by atoms with Gasteiger partial charge in [0, 0.05) is 34.2 Å². The molecule has 0 aliphatic rings. The van der Waals surface area contributed by atoms with Crippen LogP contribution in [0.4, 0.5) is 0 Å². The van der Waals surface area contributed by atoms with E-state index in [2.05, 4.69) is 9.71 Å². The molecule has 25 heavy (non-hydrogen) atoms. The SMILES string of the molecule is CC(NS(=O)(=O)c1cc(Cl)cc(Cl)c1)c1ccc(-n2ccnc2)cc1. The summed E-state index contributed by atoms with van der Waals surface area (Å²) in [5.74, 6) is 0. The van der Waals surface area contributed by atoms with E-state index in [4.69, 9.17) is 23.2 Å². The minimum atomic E-state index is -3.74. The van der Waals surface area contributed by atoms with Crippen LogP contribution >= 0.6 is 23.2 Å². The topological polar surface area (TPSA) is 64.0 Å². The van der Waals surface area contributed by atoms with Crippen LogP contribution < -0.4 is 4.72 Å². The lowest BCUT2D eigenvalue weighted by Crippen LogP contribution is -2.26. The molecule has 0 saturated carbocycles. The molecule has 0 saturated heterocycles. The maximum Gasteiger partial charge on any atom is 0.241 e. The highest BCUT2D eigenvalue weighted by Gasteiger charge is 2.19. The van der Waals surface area contributed by atoms with Crippen LogP contribution in [0.5, 0.6) is 0 Å². The molecule has 0 spiro atoms. The minimum absolute atomic E-state index is 0.0342. The number of imidazole rings is 1. The molecule has 2 aromatic carbocycles. The number of hydrogen-bond acceptors (Lipinski definition) is 3. The Kier molecular flexibility index (Phi) is 5.15. The zero-order valence-corrected chi connectivity index (χ0v) is 15.6. The largest absolute Gasteiger partial charge is 0.306 e. The van der Waals surface area contributed by atoms with Gasteiger partial charge in [-0.2, -0.15) is 0 Å². The summed E-state index contributed by atoms with van der Waals surface area (Å²) in [6, 6.07) is 11.3. The molecular weight excluding hydrogens is 381 g/mol. The Morgan fingerprint density at radius 2 is 1.72 bits per heavy atom. The van der Waals surface area contributed by atoms with Crippen LogP contribution in [0.1, 0.15) is 18.5 Å².